The molecule has 6 heteroatoms. The normalized spacial score (nSPS) is 14.6. The second-order valence-corrected chi connectivity index (χ2v) is 7.07. The SMILES string of the molecule is O=C(CCNC(=O)C1(c2ccc(F)cc2)CC1)Nc1ccc(Br)cc1. The third kappa shape index (κ3) is 4.25. The van der Waals surface area contributed by atoms with Crippen LogP contribution >= 0.6 is 15.9 Å². The summed E-state index contributed by atoms with van der Waals surface area (Å²) in [6.07, 6.45) is 1.69. The average Bonchev–Trinajstić information content (AvgIpc) is 3.39. The molecule has 1 aliphatic rings. The van der Waals surface area contributed by atoms with E-state index in [0.717, 1.165) is 22.9 Å². The Morgan fingerprint density at radius 3 is 2.28 bits per heavy atom. The molecular weight excluding hydrogens is 387 g/mol. The first-order valence-corrected chi connectivity index (χ1v) is 8.89. The van der Waals surface area contributed by atoms with Crippen molar-refractivity contribution in [3.8, 4) is 0 Å². The minimum Gasteiger partial charge on any atom is -0.355 e. The molecular formula is C19H18BrFN2O2. The molecule has 0 spiro atoms. The van der Waals surface area contributed by atoms with Crippen molar-refractivity contribution in [3.63, 3.8) is 0 Å². The highest BCUT2D eigenvalue weighted by Crippen LogP contribution is 2.48. The summed E-state index contributed by atoms with van der Waals surface area (Å²) in [7, 11) is 0. The van der Waals surface area contributed by atoms with Crippen LogP contribution < -0.4 is 10.6 Å². The zero-order valence-corrected chi connectivity index (χ0v) is 15.1. The second kappa shape index (κ2) is 7.35. The zero-order chi connectivity index (χ0) is 17.9. The van der Waals surface area contributed by atoms with Gasteiger partial charge in [-0.3, -0.25) is 9.59 Å². The first-order valence-electron chi connectivity index (χ1n) is 8.09. The number of hydrogen-bond acceptors (Lipinski definition) is 2. The molecule has 2 aromatic carbocycles. The number of carbonyl (C=O) groups excluding carboxylic acids is 2. The molecule has 3 rings (SSSR count). The van der Waals surface area contributed by atoms with Crippen molar-refractivity contribution < 1.29 is 14.0 Å². The summed E-state index contributed by atoms with van der Waals surface area (Å²) in [5.41, 5.74) is 0.978. The molecule has 0 unspecified atom stereocenters. The zero-order valence-electron chi connectivity index (χ0n) is 13.5. The molecule has 0 heterocycles. The van der Waals surface area contributed by atoms with Crippen molar-refractivity contribution in [1.82, 2.24) is 5.32 Å². The fourth-order valence-electron chi connectivity index (χ4n) is 2.76. The molecule has 0 radical (unpaired) electrons. The van der Waals surface area contributed by atoms with Crippen molar-refractivity contribution in [2.75, 3.05) is 11.9 Å². The maximum Gasteiger partial charge on any atom is 0.230 e. The molecule has 4 nitrogen and oxygen atoms in total. The second-order valence-electron chi connectivity index (χ2n) is 6.15. The molecule has 0 bridgehead atoms. The predicted octanol–water partition coefficient (Wildman–Crippen LogP) is 3.76. The number of benzene rings is 2. The topological polar surface area (TPSA) is 58.2 Å². The summed E-state index contributed by atoms with van der Waals surface area (Å²) >= 11 is 3.34. The van der Waals surface area contributed by atoms with Gasteiger partial charge < -0.3 is 10.6 Å². The van der Waals surface area contributed by atoms with Crippen molar-refractivity contribution in [2.24, 2.45) is 0 Å². The molecule has 0 aromatic heterocycles. The van der Waals surface area contributed by atoms with Crippen LogP contribution in [-0.2, 0) is 15.0 Å². The Balaban J connectivity index is 1.48. The number of hydrogen-bond donors (Lipinski definition) is 2. The Labute approximate surface area is 153 Å². The number of halogens is 2. The smallest absolute Gasteiger partial charge is 0.230 e. The highest BCUT2D eigenvalue weighted by molar-refractivity contribution is 9.10. The van der Waals surface area contributed by atoms with E-state index in [2.05, 4.69) is 26.6 Å². The van der Waals surface area contributed by atoms with Gasteiger partial charge in [0.1, 0.15) is 5.82 Å². The van der Waals surface area contributed by atoms with Crippen LogP contribution in [0.2, 0.25) is 0 Å². The van der Waals surface area contributed by atoms with Crippen LogP contribution in [0.5, 0.6) is 0 Å². The summed E-state index contributed by atoms with van der Waals surface area (Å²) in [4.78, 5) is 24.4. The Bertz CT molecular complexity index is 771. The first kappa shape index (κ1) is 17.6. The van der Waals surface area contributed by atoms with Gasteiger partial charge in [0.25, 0.3) is 0 Å². The molecule has 1 saturated carbocycles. The van der Waals surface area contributed by atoms with Crippen LogP contribution in [0.25, 0.3) is 0 Å². The number of anilines is 1. The molecule has 130 valence electrons. The van der Waals surface area contributed by atoms with Crippen molar-refractivity contribution in [3.05, 3.63) is 64.4 Å². The number of nitrogens with one attached hydrogen (secondary N) is 2. The monoisotopic (exact) mass is 404 g/mol. The summed E-state index contributed by atoms with van der Waals surface area (Å²) in [5.74, 6) is -0.575. The van der Waals surface area contributed by atoms with Gasteiger partial charge in [-0.1, -0.05) is 28.1 Å². The van der Waals surface area contributed by atoms with Gasteiger partial charge in [-0.15, -0.1) is 0 Å². The van der Waals surface area contributed by atoms with Crippen molar-refractivity contribution >= 4 is 33.4 Å². The van der Waals surface area contributed by atoms with Gasteiger partial charge in [0.15, 0.2) is 0 Å². The third-order valence-corrected chi connectivity index (χ3v) is 4.88. The van der Waals surface area contributed by atoms with Gasteiger partial charge in [0.2, 0.25) is 11.8 Å². The van der Waals surface area contributed by atoms with Crippen LogP contribution in [0.15, 0.2) is 53.0 Å². The number of carbonyl (C=O) groups is 2. The lowest BCUT2D eigenvalue weighted by molar-refractivity contribution is -0.123. The predicted molar refractivity (Wildman–Crippen MR) is 97.7 cm³/mol. The lowest BCUT2D eigenvalue weighted by atomic mass is 9.95. The summed E-state index contributed by atoms with van der Waals surface area (Å²) < 4.78 is 14.0. The fraction of sp³-hybridized carbons (Fsp3) is 0.263. The first-order chi connectivity index (χ1) is 12.0. The summed E-state index contributed by atoms with van der Waals surface area (Å²) in [5, 5.41) is 5.61. The van der Waals surface area contributed by atoms with E-state index in [1.165, 1.54) is 12.1 Å². The lowest BCUT2D eigenvalue weighted by Crippen LogP contribution is -2.36. The van der Waals surface area contributed by atoms with Crippen molar-refractivity contribution in [1.29, 1.82) is 0 Å². The minimum absolute atomic E-state index is 0.101. The van der Waals surface area contributed by atoms with Gasteiger partial charge in [-0.25, -0.2) is 4.39 Å². The van der Waals surface area contributed by atoms with Crippen LogP contribution in [0, 0.1) is 5.82 Å². The van der Waals surface area contributed by atoms with Gasteiger partial charge in [-0.05, 0) is 54.8 Å². The van der Waals surface area contributed by atoms with Crippen molar-refractivity contribution in [2.45, 2.75) is 24.7 Å². The Morgan fingerprint density at radius 1 is 1.04 bits per heavy atom. The standard InChI is InChI=1S/C19H18BrFN2O2/c20-14-3-7-16(8-4-14)23-17(24)9-12-22-18(25)19(10-11-19)13-1-5-15(21)6-2-13/h1-8H,9-12H2,(H,22,25)(H,23,24). The Kier molecular flexibility index (Phi) is 5.18. The molecule has 25 heavy (non-hydrogen) atoms. The molecule has 0 aliphatic heterocycles. The number of amides is 2. The fourth-order valence-corrected chi connectivity index (χ4v) is 3.02. The Morgan fingerprint density at radius 2 is 1.68 bits per heavy atom. The van der Waals surface area contributed by atoms with E-state index >= 15 is 0 Å². The molecule has 0 atom stereocenters. The van der Waals surface area contributed by atoms with Gasteiger partial charge in [-0.2, -0.15) is 0 Å². The molecule has 1 fully saturated rings. The molecule has 2 amide bonds. The van der Waals surface area contributed by atoms with Crippen LogP contribution in [0.3, 0.4) is 0 Å². The highest BCUT2D eigenvalue weighted by Gasteiger charge is 2.51. The molecule has 0 saturated heterocycles. The van der Waals surface area contributed by atoms with E-state index in [9.17, 15) is 14.0 Å². The quantitative estimate of drug-likeness (QED) is 0.769. The van der Waals surface area contributed by atoms with Crippen LogP contribution in [0.4, 0.5) is 10.1 Å². The van der Waals surface area contributed by atoms with Gasteiger partial charge in [0.05, 0.1) is 5.41 Å². The van der Waals surface area contributed by atoms with Gasteiger partial charge in [0, 0.05) is 23.1 Å². The van der Waals surface area contributed by atoms with E-state index in [1.807, 2.05) is 12.1 Å². The number of rotatable bonds is 6. The minimum atomic E-state index is -0.560. The molecule has 1 aliphatic carbocycles. The lowest BCUT2D eigenvalue weighted by Gasteiger charge is -2.15. The maximum absolute atomic E-state index is 13.0. The van der Waals surface area contributed by atoms with Crippen LogP contribution in [-0.4, -0.2) is 18.4 Å². The average molecular weight is 405 g/mol. The summed E-state index contributed by atoms with van der Waals surface area (Å²) in [6, 6.07) is 13.3. The van der Waals surface area contributed by atoms with E-state index in [-0.39, 0.29) is 30.6 Å². The van der Waals surface area contributed by atoms with E-state index in [0.29, 0.717) is 5.69 Å². The van der Waals surface area contributed by atoms with Gasteiger partial charge >= 0.3 is 0 Å². The van der Waals surface area contributed by atoms with E-state index in [1.54, 1.807) is 24.3 Å². The van der Waals surface area contributed by atoms with Crippen LogP contribution in [0.1, 0.15) is 24.8 Å². The Hall–Kier alpha value is -2.21. The van der Waals surface area contributed by atoms with E-state index in [4.69, 9.17) is 0 Å². The third-order valence-electron chi connectivity index (χ3n) is 4.35. The van der Waals surface area contributed by atoms with E-state index < -0.39 is 5.41 Å². The summed E-state index contributed by atoms with van der Waals surface area (Å²) in [6.45, 7) is 0.268. The molecule has 2 N–H and O–H groups in total. The maximum atomic E-state index is 13.0. The molecule has 2 aromatic rings. The largest absolute Gasteiger partial charge is 0.355 e. The highest BCUT2D eigenvalue weighted by atomic mass is 79.9.